The highest BCUT2D eigenvalue weighted by molar-refractivity contribution is 6.24. The van der Waals surface area contributed by atoms with Crippen LogP contribution in [0.2, 0.25) is 0 Å². The molecule has 0 saturated carbocycles. The minimum absolute atomic E-state index is 0.286. The average Bonchev–Trinajstić information content (AvgIpc) is 3.65. The van der Waals surface area contributed by atoms with E-state index in [-0.39, 0.29) is 5.41 Å². The fraction of sp³-hybridized carbons (Fsp3) is 0.0667. The van der Waals surface area contributed by atoms with Crippen LogP contribution in [0.5, 0.6) is 0 Å². The summed E-state index contributed by atoms with van der Waals surface area (Å²) in [4.78, 5) is 2.34. The van der Waals surface area contributed by atoms with Crippen molar-refractivity contribution in [2.75, 3.05) is 4.90 Å². The lowest BCUT2D eigenvalue weighted by Gasteiger charge is -2.31. The predicted molar refractivity (Wildman–Crippen MR) is 199 cm³/mol. The third kappa shape index (κ3) is 4.11. The summed E-state index contributed by atoms with van der Waals surface area (Å²) in [7, 11) is 0. The maximum Gasteiger partial charge on any atom is 0.159 e. The molecule has 1 aromatic heterocycles. The molecular weight excluding hydrogens is 571 g/mol. The fourth-order valence-electron chi connectivity index (χ4n) is 7.93. The van der Waals surface area contributed by atoms with E-state index in [2.05, 4.69) is 176 Å². The first kappa shape index (κ1) is 27.5. The van der Waals surface area contributed by atoms with Gasteiger partial charge < -0.3 is 9.32 Å². The lowest BCUT2D eigenvalue weighted by Crippen LogP contribution is -2.23. The molecule has 1 unspecified atom stereocenters. The zero-order valence-electron chi connectivity index (χ0n) is 26.3. The van der Waals surface area contributed by atoms with Gasteiger partial charge in [0.2, 0.25) is 0 Å². The average molecular weight is 604 g/mol. The highest BCUT2D eigenvalue weighted by atomic mass is 16.3. The van der Waals surface area contributed by atoms with Gasteiger partial charge in [-0.1, -0.05) is 121 Å². The van der Waals surface area contributed by atoms with Crippen LogP contribution >= 0.6 is 0 Å². The lowest BCUT2D eigenvalue weighted by molar-refractivity contribution is 0.666. The molecule has 0 N–H and O–H groups in total. The number of para-hydroxylation sites is 2. The molecule has 0 saturated heterocycles. The summed E-state index contributed by atoms with van der Waals surface area (Å²) in [6, 6.07) is 52.3. The van der Waals surface area contributed by atoms with E-state index >= 15 is 0 Å². The van der Waals surface area contributed by atoms with E-state index in [4.69, 9.17) is 4.42 Å². The third-order valence-corrected chi connectivity index (χ3v) is 9.99. The van der Waals surface area contributed by atoms with Crippen LogP contribution in [0, 0.1) is 0 Å². The largest absolute Gasteiger partial charge is 0.453 e. The van der Waals surface area contributed by atoms with E-state index in [1.807, 2.05) is 0 Å². The molecule has 2 heteroatoms. The van der Waals surface area contributed by atoms with Crippen molar-refractivity contribution in [1.29, 1.82) is 0 Å². The number of benzene rings is 7. The molecule has 0 aliphatic heterocycles. The number of hydrogen-bond acceptors (Lipinski definition) is 2. The number of furan rings is 1. The van der Waals surface area contributed by atoms with E-state index in [9.17, 15) is 0 Å². The van der Waals surface area contributed by atoms with E-state index < -0.39 is 0 Å². The normalized spacial score (nSPS) is 15.7. The molecule has 0 amide bonds. The van der Waals surface area contributed by atoms with Crippen LogP contribution in [0.1, 0.15) is 30.0 Å². The topological polar surface area (TPSA) is 16.4 Å². The van der Waals surface area contributed by atoms with Crippen LogP contribution < -0.4 is 4.90 Å². The quantitative estimate of drug-likeness (QED) is 0.139. The minimum Gasteiger partial charge on any atom is -0.453 e. The van der Waals surface area contributed by atoms with Crippen molar-refractivity contribution in [3.05, 3.63) is 181 Å². The van der Waals surface area contributed by atoms with Crippen LogP contribution in [0.3, 0.4) is 0 Å². The Kier molecular flexibility index (Phi) is 6.20. The second kappa shape index (κ2) is 10.6. The van der Waals surface area contributed by atoms with Gasteiger partial charge in [0.05, 0.1) is 5.69 Å². The highest BCUT2D eigenvalue weighted by Crippen LogP contribution is 2.50. The fourth-order valence-corrected chi connectivity index (χ4v) is 7.93. The van der Waals surface area contributed by atoms with Crippen molar-refractivity contribution in [3.8, 4) is 0 Å². The number of fused-ring (bicyclic) bond motifs is 8. The summed E-state index contributed by atoms with van der Waals surface area (Å²) in [5.41, 5.74) is 9.87. The summed E-state index contributed by atoms with van der Waals surface area (Å²) in [6.45, 7) is 6.41. The summed E-state index contributed by atoms with van der Waals surface area (Å²) in [5.74, 6) is 0. The molecule has 8 aromatic rings. The van der Waals surface area contributed by atoms with Gasteiger partial charge in [0.15, 0.2) is 5.58 Å². The maximum absolute atomic E-state index is 7.01. The smallest absolute Gasteiger partial charge is 0.159 e. The van der Waals surface area contributed by atoms with Crippen molar-refractivity contribution in [2.24, 2.45) is 0 Å². The van der Waals surface area contributed by atoms with Gasteiger partial charge in [-0.3, -0.25) is 0 Å². The maximum atomic E-state index is 7.01. The van der Waals surface area contributed by atoms with Crippen LogP contribution in [0.15, 0.2) is 169 Å². The van der Waals surface area contributed by atoms with Crippen molar-refractivity contribution in [2.45, 2.75) is 18.8 Å². The second-order valence-corrected chi connectivity index (χ2v) is 12.6. The summed E-state index contributed by atoms with van der Waals surface area (Å²) in [6.07, 6.45) is 5.30. The first-order valence-electron chi connectivity index (χ1n) is 16.3. The molecular formula is C45H33NO. The first-order valence-corrected chi connectivity index (χ1v) is 16.3. The molecule has 0 bridgehead atoms. The monoisotopic (exact) mass is 603 g/mol. The number of rotatable bonds is 6. The third-order valence-electron chi connectivity index (χ3n) is 9.99. The Hall–Kier alpha value is -5.86. The molecule has 1 atom stereocenters. The number of anilines is 3. The molecule has 1 aliphatic carbocycles. The van der Waals surface area contributed by atoms with Gasteiger partial charge in [0, 0.05) is 32.9 Å². The van der Waals surface area contributed by atoms with Crippen LogP contribution in [-0.2, 0) is 5.41 Å². The Bertz CT molecular complexity index is 2540. The molecule has 47 heavy (non-hydrogen) atoms. The molecule has 7 aromatic carbocycles. The van der Waals surface area contributed by atoms with Crippen molar-refractivity contribution in [3.63, 3.8) is 0 Å². The molecule has 1 aliphatic rings. The molecule has 1 heterocycles. The molecule has 0 spiro atoms. The van der Waals surface area contributed by atoms with E-state index in [1.165, 1.54) is 38.4 Å². The van der Waals surface area contributed by atoms with Crippen LogP contribution in [0.4, 0.5) is 17.1 Å². The van der Waals surface area contributed by atoms with Gasteiger partial charge in [-0.2, -0.15) is 0 Å². The molecule has 2 nitrogen and oxygen atoms in total. The molecule has 0 fully saturated rings. The van der Waals surface area contributed by atoms with Crippen molar-refractivity contribution < 1.29 is 4.42 Å². The number of nitrogens with zero attached hydrogens (tertiary/aromatic N) is 1. The summed E-state index contributed by atoms with van der Waals surface area (Å²) in [5, 5.41) is 6.98. The standard InChI is InChI=1S/C45H33NO/c1-3-27-45(29-30(2)36-18-9-10-21-40(36)45)33-14-11-17-35(28-33)46(34-15-5-4-6-16-34)41-22-12-20-38-39-26-25-32-24-23-31-13-7-8-19-37(31)42(32)44(39)47-43(38)41/h3-26,28-29H,1,27H2,2H3. The van der Waals surface area contributed by atoms with E-state index in [0.29, 0.717) is 0 Å². The Morgan fingerprint density at radius 3 is 2.23 bits per heavy atom. The van der Waals surface area contributed by atoms with E-state index in [0.717, 1.165) is 50.8 Å². The van der Waals surface area contributed by atoms with Gasteiger partial charge in [0.25, 0.3) is 0 Å². The van der Waals surface area contributed by atoms with Crippen molar-refractivity contribution >= 4 is 66.1 Å². The molecule has 224 valence electrons. The summed E-state index contributed by atoms with van der Waals surface area (Å²) < 4.78 is 7.01. The van der Waals surface area contributed by atoms with Gasteiger partial charge in [-0.15, -0.1) is 6.58 Å². The second-order valence-electron chi connectivity index (χ2n) is 12.6. The molecule has 0 radical (unpaired) electrons. The Morgan fingerprint density at radius 2 is 1.34 bits per heavy atom. The molecule has 9 rings (SSSR count). The number of allylic oxidation sites excluding steroid dienone is 3. The Morgan fingerprint density at radius 1 is 0.638 bits per heavy atom. The van der Waals surface area contributed by atoms with Gasteiger partial charge in [-0.25, -0.2) is 0 Å². The highest BCUT2D eigenvalue weighted by Gasteiger charge is 2.38. The lowest BCUT2D eigenvalue weighted by atomic mass is 9.73. The first-order chi connectivity index (χ1) is 23.2. The predicted octanol–water partition coefficient (Wildman–Crippen LogP) is 12.6. The number of hydrogen-bond donors (Lipinski definition) is 0. The SMILES string of the molecule is C=CCC1(c2cccc(N(c3ccccc3)c3cccc4c3oc3c4ccc4ccc5ccccc5c43)c2)C=C(C)c2ccccc21. The van der Waals surface area contributed by atoms with Crippen LogP contribution in [0.25, 0.3) is 49.1 Å². The Labute approximate surface area is 274 Å². The van der Waals surface area contributed by atoms with Crippen molar-refractivity contribution in [1.82, 2.24) is 0 Å². The zero-order chi connectivity index (χ0) is 31.5. The van der Waals surface area contributed by atoms with Gasteiger partial charge in [-0.05, 0) is 88.2 Å². The Balaban J connectivity index is 1.30. The van der Waals surface area contributed by atoms with Gasteiger partial charge in [0.1, 0.15) is 5.58 Å². The van der Waals surface area contributed by atoms with Gasteiger partial charge >= 0.3 is 0 Å². The zero-order valence-corrected chi connectivity index (χ0v) is 26.3. The minimum atomic E-state index is -0.286. The summed E-state index contributed by atoms with van der Waals surface area (Å²) >= 11 is 0. The van der Waals surface area contributed by atoms with E-state index in [1.54, 1.807) is 0 Å². The van der Waals surface area contributed by atoms with Crippen LogP contribution in [-0.4, -0.2) is 0 Å².